The molecule has 0 fully saturated rings. The van der Waals surface area contributed by atoms with Crippen LogP contribution in [-0.4, -0.2) is 12.2 Å². The summed E-state index contributed by atoms with van der Waals surface area (Å²) in [4.78, 5) is 0. The first-order valence-corrected chi connectivity index (χ1v) is 7.70. The van der Waals surface area contributed by atoms with Crippen LogP contribution in [0.1, 0.15) is 41.5 Å². The third kappa shape index (κ3) is 6.61. The summed E-state index contributed by atoms with van der Waals surface area (Å²) < 4.78 is 11.0. The zero-order valence-electron chi connectivity index (χ0n) is 11.9. The van der Waals surface area contributed by atoms with Crippen molar-refractivity contribution < 1.29 is 8.37 Å². The third-order valence-corrected chi connectivity index (χ3v) is 3.41. The molecule has 0 aromatic carbocycles. The van der Waals surface area contributed by atoms with Gasteiger partial charge in [-0.3, -0.25) is 8.37 Å². The zero-order chi connectivity index (χ0) is 14.4. The lowest BCUT2D eigenvalue weighted by atomic mass is 9.90. The average molecular weight is 286 g/mol. The number of terminal acetylenes is 2. The van der Waals surface area contributed by atoms with Crippen LogP contribution in [-0.2, 0) is 8.37 Å². The van der Waals surface area contributed by atoms with Gasteiger partial charge in [0.15, 0.2) is 0 Å². The van der Waals surface area contributed by atoms with Crippen molar-refractivity contribution in [3.63, 3.8) is 0 Å². The third-order valence-electron chi connectivity index (χ3n) is 2.17. The van der Waals surface area contributed by atoms with Gasteiger partial charge >= 0.3 is 0 Å². The van der Waals surface area contributed by atoms with Crippen molar-refractivity contribution in [2.75, 3.05) is 0 Å². The van der Waals surface area contributed by atoms with Crippen molar-refractivity contribution in [1.29, 1.82) is 0 Å². The first-order valence-electron chi connectivity index (χ1n) is 5.70. The minimum atomic E-state index is -0.266. The lowest BCUT2D eigenvalue weighted by Crippen LogP contribution is -2.26. The molecule has 0 aliphatic carbocycles. The summed E-state index contributed by atoms with van der Waals surface area (Å²) >= 11 is 2.26. The van der Waals surface area contributed by atoms with Gasteiger partial charge < -0.3 is 0 Å². The Balaban J connectivity index is 4.08. The van der Waals surface area contributed by atoms with Gasteiger partial charge in [0.1, 0.15) is 12.2 Å². The summed E-state index contributed by atoms with van der Waals surface area (Å²) in [5.41, 5.74) is -0.199. The molecule has 18 heavy (non-hydrogen) atoms. The fourth-order valence-electron chi connectivity index (χ4n) is 0.955. The van der Waals surface area contributed by atoms with Crippen LogP contribution in [0.3, 0.4) is 0 Å². The van der Waals surface area contributed by atoms with Crippen LogP contribution in [0.15, 0.2) is 0 Å². The smallest absolute Gasteiger partial charge is 0.138 e. The van der Waals surface area contributed by atoms with Crippen molar-refractivity contribution in [2.45, 2.75) is 53.8 Å². The maximum Gasteiger partial charge on any atom is 0.138 e. The fourth-order valence-corrected chi connectivity index (χ4v) is 2.53. The molecule has 0 N–H and O–H groups in total. The molecule has 0 saturated heterocycles. The molecule has 0 saturated carbocycles. The molecule has 0 spiro atoms. The van der Waals surface area contributed by atoms with E-state index in [1.807, 2.05) is 41.5 Å². The molecule has 0 bridgehead atoms. The molecule has 2 atom stereocenters. The van der Waals surface area contributed by atoms with Crippen LogP contribution in [0.25, 0.3) is 0 Å². The van der Waals surface area contributed by atoms with Crippen molar-refractivity contribution in [3.8, 4) is 24.7 Å². The summed E-state index contributed by atoms with van der Waals surface area (Å²) in [7, 11) is 0. The highest BCUT2D eigenvalue weighted by Gasteiger charge is 2.26. The molecule has 4 heteroatoms. The van der Waals surface area contributed by atoms with Gasteiger partial charge in [0.2, 0.25) is 0 Å². The van der Waals surface area contributed by atoms with Crippen molar-refractivity contribution in [3.05, 3.63) is 0 Å². The van der Waals surface area contributed by atoms with Gasteiger partial charge in [-0.25, -0.2) is 0 Å². The van der Waals surface area contributed by atoms with E-state index in [9.17, 15) is 0 Å². The molecule has 0 aliphatic heterocycles. The second-order valence-corrected chi connectivity index (χ2v) is 7.63. The highest BCUT2D eigenvalue weighted by molar-refractivity contribution is 8.73. The van der Waals surface area contributed by atoms with Gasteiger partial charge in [-0.15, -0.1) is 12.8 Å². The minimum absolute atomic E-state index is 0.0993. The van der Waals surface area contributed by atoms with Crippen LogP contribution in [0.5, 0.6) is 0 Å². The Morgan fingerprint density at radius 3 is 1.22 bits per heavy atom. The van der Waals surface area contributed by atoms with E-state index in [0.29, 0.717) is 0 Å². The number of rotatable bonds is 5. The highest BCUT2D eigenvalue weighted by atomic mass is 33.1. The summed E-state index contributed by atoms with van der Waals surface area (Å²) in [5, 5.41) is 0. The number of hydrogen-bond donors (Lipinski definition) is 0. The van der Waals surface area contributed by atoms with E-state index in [0.717, 1.165) is 22.1 Å². The van der Waals surface area contributed by atoms with Gasteiger partial charge in [-0.1, -0.05) is 53.4 Å². The van der Waals surface area contributed by atoms with Crippen LogP contribution >= 0.6 is 22.1 Å². The molecular weight excluding hydrogens is 264 g/mol. The van der Waals surface area contributed by atoms with Crippen LogP contribution in [0, 0.1) is 35.5 Å². The molecular formula is C14H22O2S2. The molecule has 102 valence electrons. The Morgan fingerprint density at radius 2 is 1.06 bits per heavy atom. The van der Waals surface area contributed by atoms with Crippen molar-refractivity contribution >= 4 is 22.1 Å². The van der Waals surface area contributed by atoms with Gasteiger partial charge in [0, 0.05) is 10.8 Å². The van der Waals surface area contributed by atoms with E-state index >= 15 is 0 Å². The lowest BCUT2D eigenvalue weighted by Gasteiger charge is -2.26. The largest absolute Gasteiger partial charge is 0.286 e. The highest BCUT2D eigenvalue weighted by Crippen LogP contribution is 2.35. The topological polar surface area (TPSA) is 18.5 Å². The molecule has 0 aromatic heterocycles. The Bertz CT molecular complexity index is 292. The molecule has 2 nitrogen and oxygen atoms in total. The van der Waals surface area contributed by atoms with Crippen LogP contribution in [0.4, 0.5) is 0 Å². The van der Waals surface area contributed by atoms with Gasteiger partial charge in [0.05, 0.1) is 22.1 Å². The SMILES string of the molecule is C#CC(OSSOC(C#C)C(C)(C)C)C(C)(C)C. The summed E-state index contributed by atoms with van der Waals surface area (Å²) in [5.74, 6) is 5.24. The Kier molecular flexibility index (Phi) is 7.25. The van der Waals surface area contributed by atoms with Crippen molar-refractivity contribution in [1.82, 2.24) is 0 Å². The fraction of sp³-hybridized carbons (Fsp3) is 0.714. The van der Waals surface area contributed by atoms with Gasteiger partial charge in [0.25, 0.3) is 0 Å². The molecule has 0 heterocycles. The molecule has 0 aromatic rings. The average Bonchev–Trinajstić information content (AvgIpc) is 2.19. The van der Waals surface area contributed by atoms with Gasteiger partial charge in [-0.2, -0.15) is 0 Å². The van der Waals surface area contributed by atoms with E-state index in [1.54, 1.807) is 0 Å². The Labute approximate surface area is 120 Å². The second kappa shape index (κ2) is 7.36. The molecule has 0 amide bonds. The maximum absolute atomic E-state index is 5.51. The molecule has 0 radical (unpaired) electrons. The quantitative estimate of drug-likeness (QED) is 0.324. The summed E-state index contributed by atoms with van der Waals surface area (Å²) in [6.45, 7) is 12.2. The van der Waals surface area contributed by atoms with E-state index < -0.39 is 0 Å². The standard InChI is InChI=1S/C14H22O2S2/c1-9-11(13(3,4)5)15-17-18-16-12(10-2)14(6,7)8/h1-2,11-12H,3-8H3. The molecule has 2 unspecified atom stereocenters. The lowest BCUT2D eigenvalue weighted by molar-refractivity contribution is 0.158. The first-order chi connectivity index (χ1) is 8.12. The van der Waals surface area contributed by atoms with E-state index in [4.69, 9.17) is 21.2 Å². The number of hydrogen-bond acceptors (Lipinski definition) is 4. The summed E-state index contributed by atoms with van der Waals surface area (Å²) in [6, 6.07) is 0. The maximum atomic E-state index is 5.51. The second-order valence-electron chi connectivity index (χ2n) is 6.15. The first kappa shape index (κ1) is 17.7. The minimum Gasteiger partial charge on any atom is -0.286 e. The predicted octanol–water partition coefficient (Wildman–Crippen LogP) is 4.33. The summed E-state index contributed by atoms with van der Waals surface area (Å²) in [6.07, 6.45) is 10.3. The monoisotopic (exact) mass is 286 g/mol. The van der Waals surface area contributed by atoms with E-state index in [-0.39, 0.29) is 23.0 Å². The van der Waals surface area contributed by atoms with Crippen LogP contribution < -0.4 is 0 Å². The zero-order valence-corrected chi connectivity index (χ0v) is 13.6. The van der Waals surface area contributed by atoms with Crippen molar-refractivity contribution in [2.24, 2.45) is 10.8 Å². The Hall–Kier alpha value is -0.260. The molecule has 0 aliphatic rings. The Morgan fingerprint density at radius 1 is 0.778 bits per heavy atom. The predicted molar refractivity (Wildman–Crippen MR) is 81.5 cm³/mol. The van der Waals surface area contributed by atoms with E-state index in [2.05, 4.69) is 11.8 Å². The van der Waals surface area contributed by atoms with Gasteiger partial charge in [-0.05, 0) is 0 Å². The molecule has 0 rings (SSSR count). The normalized spacial score (nSPS) is 15.6. The van der Waals surface area contributed by atoms with Crippen LogP contribution in [0.2, 0.25) is 0 Å². The van der Waals surface area contributed by atoms with E-state index in [1.165, 1.54) is 0 Å².